The predicted molar refractivity (Wildman–Crippen MR) is 135 cm³/mol. The van der Waals surface area contributed by atoms with Gasteiger partial charge in [0, 0.05) is 24.7 Å². The summed E-state index contributed by atoms with van der Waals surface area (Å²) in [6.07, 6.45) is -5.85. The molecule has 1 amide bonds. The van der Waals surface area contributed by atoms with Gasteiger partial charge in [-0.2, -0.15) is 18.2 Å². The molecule has 10 nitrogen and oxygen atoms in total. The number of hydrogen-bond acceptors (Lipinski definition) is 10. The number of carbonyl (C=O) groups is 2. The number of piperazine rings is 1. The molecule has 3 unspecified atom stereocenters. The lowest BCUT2D eigenvalue weighted by Gasteiger charge is -2.55. The molecule has 2 bridgehead atoms. The van der Waals surface area contributed by atoms with Gasteiger partial charge in [-0.05, 0) is 46.2 Å². The summed E-state index contributed by atoms with van der Waals surface area (Å²) in [5, 5.41) is 2.33. The summed E-state index contributed by atoms with van der Waals surface area (Å²) in [5.74, 6) is -1.84. The van der Waals surface area contributed by atoms with Gasteiger partial charge in [0.2, 0.25) is 0 Å². The minimum atomic E-state index is -5.02. The highest BCUT2D eigenvalue weighted by Crippen LogP contribution is 2.41. The van der Waals surface area contributed by atoms with E-state index in [0.717, 1.165) is 6.42 Å². The van der Waals surface area contributed by atoms with E-state index < -0.39 is 23.9 Å². The molecule has 0 aliphatic carbocycles. The van der Waals surface area contributed by atoms with Crippen molar-refractivity contribution in [2.45, 2.75) is 64.1 Å². The number of nitrogens with zero attached hydrogens (tertiary/aromatic N) is 4. The van der Waals surface area contributed by atoms with E-state index in [4.69, 9.17) is 13.9 Å². The maximum atomic E-state index is 13.7. The van der Waals surface area contributed by atoms with E-state index in [0.29, 0.717) is 23.7 Å². The zero-order valence-corrected chi connectivity index (χ0v) is 22.5. The lowest BCUT2D eigenvalue weighted by atomic mass is 9.88. The van der Waals surface area contributed by atoms with E-state index in [9.17, 15) is 22.8 Å². The third-order valence-electron chi connectivity index (χ3n) is 6.27. The molecular formula is C25H27F3N4O6S. The number of thiazole rings is 1. The van der Waals surface area contributed by atoms with Crippen molar-refractivity contribution in [1.82, 2.24) is 14.9 Å². The van der Waals surface area contributed by atoms with Gasteiger partial charge in [-0.3, -0.25) is 4.90 Å². The maximum absolute atomic E-state index is 13.7. The average molecular weight is 569 g/mol. The van der Waals surface area contributed by atoms with Crippen molar-refractivity contribution < 1.29 is 41.4 Å². The molecule has 3 atom stereocenters. The largest absolute Gasteiger partial charge is 0.467 e. The van der Waals surface area contributed by atoms with Crippen molar-refractivity contribution in [2.24, 2.45) is 0 Å². The molecule has 3 aliphatic heterocycles. The number of alkyl halides is 3. The first kappa shape index (κ1) is 27.0. The highest BCUT2D eigenvalue weighted by atomic mass is 32.1. The SMILES string of the molecule is CCOC(=O)C(Oc1ccc(-c2nccs2)c2oc(N3CC4CC(C3)N4C(=O)OC(C)(C)C)nc12)C(F)(F)F. The van der Waals surface area contributed by atoms with Gasteiger partial charge in [0.15, 0.2) is 16.8 Å². The second kappa shape index (κ2) is 9.88. The molecule has 0 radical (unpaired) electrons. The van der Waals surface area contributed by atoms with Crippen LogP contribution in [0.5, 0.6) is 5.75 Å². The van der Waals surface area contributed by atoms with Crippen LogP contribution in [-0.4, -0.2) is 76.6 Å². The van der Waals surface area contributed by atoms with E-state index >= 15 is 0 Å². The van der Waals surface area contributed by atoms with Crippen molar-refractivity contribution in [2.75, 3.05) is 24.6 Å². The third-order valence-corrected chi connectivity index (χ3v) is 7.08. The molecule has 2 aromatic heterocycles. The normalized spacial score (nSPS) is 20.0. The molecule has 3 saturated heterocycles. The van der Waals surface area contributed by atoms with E-state index in [1.165, 1.54) is 30.4 Å². The van der Waals surface area contributed by atoms with Gasteiger partial charge in [0.25, 0.3) is 12.1 Å². The van der Waals surface area contributed by atoms with E-state index in [1.54, 1.807) is 37.2 Å². The van der Waals surface area contributed by atoms with Crippen LogP contribution in [0.15, 0.2) is 28.1 Å². The Labute approximate surface area is 225 Å². The smallest absolute Gasteiger partial charge is 0.436 e. The van der Waals surface area contributed by atoms with Gasteiger partial charge in [-0.25, -0.2) is 14.6 Å². The minimum Gasteiger partial charge on any atom is -0.467 e. The quantitative estimate of drug-likeness (QED) is 0.379. The predicted octanol–water partition coefficient (Wildman–Crippen LogP) is 5.02. The summed E-state index contributed by atoms with van der Waals surface area (Å²) >= 11 is 1.32. The fourth-order valence-electron chi connectivity index (χ4n) is 4.70. The van der Waals surface area contributed by atoms with Crippen LogP contribution in [0.1, 0.15) is 34.1 Å². The number of oxazole rings is 1. The van der Waals surface area contributed by atoms with Gasteiger partial charge in [0.1, 0.15) is 10.6 Å². The van der Waals surface area contributed by atoms with Gasteiger partial charge >= 0.3 is 18.2 Å². The molecule has 3 aromatic rings. The molecule has 210 valence electrons. The highest BCUT2D eigenvalue weighted by Gasteiger charge is 2.51. The first-order valence-electron chi connectivity index (χ1n) is 12.4. The first-order chi connectivity index (χ1) is 18.4. The topological polar surface area (TPSA) is 107 Å². The minimum absolute atomic E-state index is 0.0134. The monoisotopic (exact) mass is 568 g/mol. The fourth-order valence-corrected chi connectivity index (χ4v) is 5.36. The van der Waals surface area contributed by atoms with Crippen LogP contribution < -0.4 is 9.64 Å². The number of aromatic nitrogens is 2. The Morgan fingerprint density at radius 2 is 1.92 bits per heavy atom. The van der Waals surface area contributed by atoms with Gasteiger partial charge in [-0.15, -0.1) is 11.3 Å². The number of halogens is 3. The number of anilines is 1. The molecule has 39 heavy (non-hydrogen) atoms. The summed E-state index contributed by atoms with van der Waals surface area (Å²) < 4.78 is 62.5. The van der Waals surface area contributed by atoms with Crippen LogP contribution in [-0.2, 0) is 14.3 Å². The number of piperidine rings is 1. The summed E-state index contributed by atoms with van der Waals surface area (Å²) in [5.41, 5.74) is 0.0785. The van der Waals surface area contributed by atoms with Gasteiger partial charge in [0.05, 0.1) is 24.3 Å². The van der Waals surface area contributed by atoms with Crippen molar-refractivity contribution in [3.63, 3.8) is 0 Å². The molecule has 3 aliphatic rings. The Bertz CT molecular complexity index is 1360. The number of amides is 1. The molecule has 14 heteroatoms. The Morgan fingerprint density at radius 3 is 2.51 bits per heavy atom. The average Bonchev–Trinajstić information content (AvgIpc) is 3.51. The lowest BCUT2D eigenvalue weighted by molar-refractivity contribution is -0.211. The number of benzene rings is 1. The van der Waals surface area contributed by atoms with Gasteiger partial charge < -0.3 is 23.5 Å². The van der Waals surface area contributed by atoms with Crippen molar-refractivity contribution in [3.8, 4) is 16.3 Å². The number of carbonyl (C=O) groups excluding carboxylic acids is 2. The van der Waals surface area contributed by atoms with Crippen LogP contribution in [0.25, 0.3) is 21.7 Å². The third kappa shape index (κ3) is 5.34. The Morgan fingerprint density at radius 1 is 1.21 bits per heavy atom. The summed E-state index contributed by atoms with van der Waals surface area (Å²) in [4.78, 5) is 37.0. The number of rotatable bonds is 6. The van der Waals surface area contributed by atoms with E-state index in [2.05, 4.69) is 14.7 Å². The van der Waals surface area contributed by atoms with Gasteiger partial charge in [-0.1, -0.05) is 0 Å². The second-order valence-corrected chi connectivity index (χ2v) is 11.1. The standard InChI is InChI=1S/C25H27F3N4O6S/c1-5-35-21(33)19(25(26,27)28)36-16-7-6-15(20-29-8-9-39-20)18-17(16)30-22(37-18)31-11-13-10-14(12-31)32(13)23(34)38-24(2,3)4/h6-9,13-14,19H,5,10-12H2,1-4H3. The van der Waals surface area contributed by atoms with Crippen LogP contribution in [0.3, 0.4) is 0 Å². The van der Waals surface area contributed by atoms with Crippen molar-refractivity contribution in [3.05, 3.63) is 23.7 Å². The molecule has 6 rings (SSSR count). The first-order valence-corrected chi connectivity index (χ1v) is 13.2. The maximum Gasteiger partial charge on any atom is 0.436 e. The molecule has 1 aromatic carbocycles. The van der Waals surface area contributed by atoms with Crippen LogP contribution in [0, 0.1) is 0 Å². The number of fused-ring (bicyclic) bond motifs is 3. The zero-order valence-electron chi connectivity index (χ0n) is 21.7. The van der Waals surface area contributed by atoms with Crippen LogP contribution in [0.2, 0.25) is 0 Å². The molecule has 3 fully saturated rings. The summed E-state index contributed by atoms with van der Waals surface area (Å²) in [7, 11) is 0. The molecular weight excluding hydrogens is 541 g/mol. The highest BCUT2D eigenvalue weighted by molar-refractivity contribution is 7.13. The zero-order chi connectivity index (χ0) is 28.1. The number of hydrogen-bond donors (Lipinski definition) is 0. The fraction of sp³-hybridized carbons (Fsp3) is 0.520. The van der Waals surface area contributed by atoms with E-state index in [-0.39, 0.29) is 47.6 Å². The Hall–Kier alpha value is -3.55. The Kier molecular flexibility index (Phi) is 6.85. The van der Waals surface area contributed by atoms with Crippen molar-refractivity contribution in [1.29, 1.82) is 0 Å². The lowest BCUT2D eigenvalue weighted by Crippen LogP contribution is -2.70. The molecule has 5 heterocycles. The Balaban J connectivity index is 1.47. The summed E-state index contributed by atoms with van der Waals surface area (Å²) in [6.45, 7) is 7.38. The second-order valence-electron chi connectivity index (χ2n) is 10.3. The molecule has 0 N–H and O–H groups in total. The van der Waals surface area contributed by atoms with Crippen molar-refractivity contribution >= 4 is 40.5 Å². The summed E-state index contributed by atoms with van der Waals surface area (Å²) in [6, 6.07) is 2.74. The molecule has 0 spiro atoms. The molecule has 0 saturated carbocycles. The number of esters is 1. The van der Waals surface area contributed by atoms with Crippen LogP contribution >= 0.6 is 11.3 Å². The number of ether oxygens (including phenoxy) is 3. The van der Waals surface area contributed by atoms with Crippen LogP contribution in [0.4, 0.5) is 24.0 Å². The van der Waals surface area contributed by atoms with E-state index in [1.807, 2.05) is 4.90 Å².